The van der Waals surface area contributed by atoms with Crippen LogP contribution in [0, 0.1) is 0 Å². The normalized spacial score (nSPS) is 9.80. The van der Waals surface area contributed by atoms with E-state index in [0.717, 1.165) is 5.56 Å². The number of nitrogens with two attached hydrogens (primary N) is 1. The zero-order valence-corrected chi connectivity index (χ0v) is 8.18. The van der Waals surface area contributed by atoms with Gasteiger partial charge < -0.3 is 10.0 Å². The fourth-order valence-electron chi connectivity index (χ4n) is 1.19. The lowest BCUT2D eigenvalue weighted by Gasteiger charge is -2.03. The minimum absolute atomic E-state index is 0.221. The molecule has 0 bridgehead atoms. The van der Waals surface area contributed by atoms with E-state index < -0.39 is 7.12 Å². The zero-order chi connectivity index (χ0) is 11.3. The van der Waals surface area contributed by atoms with Gasteiger partial charge in [-0.1, -0.05) is 24.3 Å². The number of nitrogens with one attached hydrogen (secondary N) is 1. The molecule has 6 heteroatoms. The summed E-state index contributed by atoms with van der Waals surface area (Å²) >= 11 is 0. The third-order valence-electron chi connectivity index (χ3n) is 2.08. The minimum atomic E-state index is -1.45. The molecule has 0 fully saturated rings. The van der Waals surface area contributed by atoms with E-state index in [9.17, 15) is 4.79 Å². The molecule has 1 amide bonds. The van der Waals surface area contributed by atoms with E-state index >= 15 is 0 Å². The van der Waals surface area contributed by atoms with Crippen molar-refractivity contribution >= 4 is 18.5 Å². The van der Waals surface area contributed by atoms with Gasteiger partial charge in [0.1, 0.15) is 0 Å². The maximum atomic E-state index is 10.8. The number of benzene rings is 1. The molecule has 0 aliphatic rings. The SMILES string of the molecule is NNC(=O)CCc1ccc(B(O)O)cc1. The van der Waals surface area contributed by atoms with Crippen molar-refractivity contribution < 1.29 is 14.8 Å². The average molecular weight is 208 g/mol. The van der Waals surface area contributed by atoms with Crippen LogP contribution in [-0.4, -0.2) is 23.1 Å². The quantitative estimate of drug-likeness (QED) is 0.205. The molecule has 0 unspecified atom stereocenters. The topological polar surface area (TPSA) is 95.6 Å². The Morgan fingerprint density at radius 2 is 1.93 bits per heavy atom. The van der Waals surface area contributed by atoms with E-state index in [2.05, 4.69) is 0 Å². The molecule has 0 atom stereocenters. The fourth-order valence-corrected chi connectivity index (χ4v) is 1.19. The Kier molecular flexibility index (Phi) is 4.29. The summed E-state index contributed by atoms with van der Waals surface area (Å²) in [6.45, 7) is 0. The highest BCUT2D eigenvalue weighted by Gasteiger charge is 2.09. The van der Waals surface area contributed by atoms with Gasteiger partial charge >= 0.3 is 7.12 Å². The summed E-state index contributed by atoms with van der Waals surface area (Å²) < 4.78 is 0. The minimum Gasteiger partial charge on any atom is -0.423 e. The molecular weight excluding hydrogens is 195 g/mol. The third-order valence-corrected chi connectivity index (χ3v) is 2.08. The Morgan fingerprint density at radius 3 is 2.40 bits per heavy atom. The third kappa shape index (κ3) is 3.71. The second-order valence-corrected chi connectivity index (χ2v) is 3.18. The van der Waals surface area contributed by atoms with Crippen molar-refractivity contribution in [1.29, 1.82) is 0 Å². The van der Waals surface area contributed by atoms with Gasteiger partial charge in [-0.05, 0) is 17.4 Å². The van der Waals surface area contributed by atoms with Crippen LogP contribution >= 0.6 is 0 Å². The summed E-state index contributed by atoms with van der Waals surface area (Å²) in [6.07, 6.45) is 0.891. The molecule has 0 aliphatic carbocycles. The molecule has 1 aromatic carbocycles. The Morgan fingerprint density at radius 1 is 1.33 bits per heavy atom. The van der Waals surface area contributed by atoms with Crippen LogP contribution in [0.1, 0.15) is 12.0 Å². The van der Waals surface area contributed by atoms with Crippen LogP contribution in [0.5, 0.6) is 0 Å². The van der Waals surface area contributed by atoms with Crippen molar-refractivity contribution in [2.24, 2.45) is 5.84 Å². The lowest BCUT2D eigenvalue weighted by molar-refractivity contribution is -0.121. The molecule has 0 saturated heterocycles. The summed E-state index contributed by atoms with van der Waals surface area (Å²) in [6, 6.07) is 6.72. The van der Waals surface area contributed by atoms with Gasteiger partial charge in [-0.25, -0.2) is 5.84 Å². The van der Waals surface area contributed by atoms with Crippen molar-refractivity contribution in [3.05, 3.63) is 29.8 Å². The number of hydrazine groups is 1. The predicted octanol–water partition coefficient (Wildman–Crippen LogP) is -1.71. The molecule has 1 aromatic rings. The molecule has 1 rings (SSSR count). The van der Waals surface area contributed by atoms with Gasteiger partial charge in [-0.3, -0.25) is 10.2 Å². The first-order valence-corrected chi connectivity index (χ1v) is 4.58. The Hall–Kier alpha value is -1.37. The number of rotatable bonds is 4. The van der Waals surface area contributed by atoms with Crippen molar-refractivity contribution in [2.75, 3.05) is 0 Å². The molecule has 15 heavy (non-hydrogen) atoms. The van der Waals surface area contributed by atoms with E-state index in [1.807, 2.05) is 5.43 Å². The largest absolute Gasteiger partial charge is 0.488 e. The molecule has 5 nitrogen and oxygen atoms in total. The van der Waals surface area contributed by atoms with Gasteiger partial charge in [0.25, 0.3) is 0 Å². The first kappa shape index (κ1) is 11.7. The summed E-state index contributed by atoms with van der Waals surface area (Å²) in [5.74, 6) is 4.71. The van der Waals surface area contributed by atoms with E-state index in [-0.39, 0.29) is 5.91 Å². The number of hydrogen-bond donors (Lipinski definition) is 4. The van der Waals surface area contributed by atoms with Gasteiger partial charge in [-0.2, -0.15) is 0 Å². The Bertz CT molecular complexity index is 327. The molecule has 0 heterocycles. The second-order valence-electron chi connectivity index (χ2n) is 3.18. The van der Waals surface area contributed by atoms with Crippen molar-refractivity contribution in [3.8, 4) is 0 Å². The second kappa shape index (κ2) is 5.50. The maximum absolute atomic E-state index is 10.8. The lowest BCUT2D eigenvalue weighted by Crippen LogP contribution is -2.30. The summed E-state index contributed by atoms with van der Waals surface area (Å²) in [7, 11) is -1.45. The van der Waals surface area contributed by atoms with E-state index in [4.69, 9.17) is 15.9 Å². The summed E-state index contributed by atoms with van der Waals surface area (Å²) in [4.78, 5) is 10.8. The van der Waals surface area contributed by atoms with Crippen LogP contribution < -0.4 is 16.7 Å². The molecule has 5 N–H and O–H groups in total. The zero-order valence-electron chi connectivity index (χ0n) is 8.18. The van der Waals surface area contributed by atoms with Gasteiger partial charge in [0.05, 0.1) is 0 Å². The predicted molar refractivity (Wildman–Crippen MR) is 56.9 cm³/mol. The van der Waals surface area contributed by atoms with Gasteiger partial charge in [0.2, 0.25) is 5.91 Å². The molecule has 0 spiro atoms. The first-order valence-electron chi connectivity index (χ1n) is 4.58. The highest BCUT2D eigenvalue weighted by Crippen LogP contribution is 2.01. The molecule has 0 aliphatic heterocycles. The molecule has 0 aromatic heterocycles. The number of carbonyl (C=O) groups excluding carboxylic acids is 1. The van der Waals surface area contributed by atoms with E-state index in [0.29, 0.717) is 18.3 Å². The standard InChI is InChI=1S/C9H13BN2O3/c11-12-9(13)6-3-7-1-4-8(5-2-7)10(14)15/h1-2,4-5,14-15H,3,6,11H2,(H,12,13). The van der Waals surface area contributed by atoms with Crippen molar-refractivity contribution in [2.45, 2.75) is 12.8 Å². The number of amides is 1. The van der Waals surface area contributed by atoms with Crippen LogP contribution in [0.2, 0.25) is 0 Å². The number of aryl methyl sites for hydroxylation is 1. The first-order chi connectivity index (χ1) is 7.13. The van der Waals surface area contributed by atoms with Gasteiger partial charge in [0, 0.05) is 6.42 Å². The van der Waals surface area contributed by atoms with Crippen LogP contribution in [0.25, 0.3) is 0 Å². The van der Waals surface area contributed by atoms with Crippen molar-refractivity contribution in [3.63, 3.8) is 0 Å². The average Bonchev–Trinajstić information content (AvgIpc) is 2.26. The van der Waals surface area contributed by atoms with E-state index in [1.165, 1.54) is 0 Å². The van der Waals surface area contributed by atoms with Crippen LogP contribution in [-0.2, 0) is 11.2 Å². The number of carbonyl (C=O) groups is 1. The fraction of sp³-hybridized carbons (Fsp3) is 0.222. The Balaban J connectivity index is 2.53. The smallest absolute Gasteiger partial charge is 0.423 e. The maximum Gasteiger partial charge on any atom is 0.488 e. The summed E-state index contributed by atoms with van der Waals surface area (Å²) in [5.41, 5.74) is 3.43. The van der Waals surface area contributed by atoms with Crippen LogP contribution in [0.3, 0.4) is 0 Å². The monoisotopic (exact) mass is 208 g/mol. The Labute approximate surface area is 88.0 Å². The van der Waals surface area contributed by atoms with Gasteiger partial charge in [-0.15, -0.1) is 0 Å². The summed E-state index contributed by atoms with van der Waals surface area (Å²) in [5, 5.41) is 17.7. The molecule has 0 radical (unpaired) electrons. The van der Waals surface area contributed by atoms with Crippen LogP contribution in [0.4, 0.5) is 0 Å². The highest BCUT2D eigenvalue weighted by atomic mass is 16.4. The van der Waals surface area contributed by atoms with Crippen LogP contribution in [0.15, 0.2) is 24.3 Å². The highest BCUT2D eigenvalue weighted by molar-refractivity contribution is 6.58. The van der Waals surface area contributed by atoms with Crippen molar-refractivity contribution in [1.82, 2.24) is 5.43 Å². The van der Waals surface area contributed by atoms with Gasteiger partial charge in [0.15, 0.2) is 0 Å². The number of hydrogen-bond acceptors (Lipinski definition) is 4. The molecule has 80 valence electrons. The lowest BCUT2D eigenvalue weighted by atomic mass is 9.80. The molecular formula is C9H13BN2O3. The van der Waals surface area contributed by atoms with E-state index in [1.54, 1.807) is 24.3 Å². The molecule has 0 saturated carbocycles.